The molecule has 0 aliphatic heterocycles. The summed E-state index contributed by atoms with van der Waals surface area (Å²) >= 11 is 0. The third-order valence-corrected chi connectivity index (χ3v) is 9.83. The number of aromatic nitrogens is 4. The number of fused-ring (bicyclic) bond motifs is 5. The highest BCUT2D eigenvalue weighted by atomic mass is 16.5. The minimum absolute atomic E-state index is 0.000446. The van der Waals surface area contributed by atoms with E-state index >= 15 is 0 Å². The molecule has 4 aliphatic rings. The lowest BCUT2D eigenvalue weighted by molar-refractivity contribution is -0.165. The third kappa shape index (κ3) is 3.47. The summed E-state index contributed by atoms with van der Waals surface area (Å²) < 4.78 is 6.16. The lowest BCUT2D eigenvalue weighted by Gasteiger charge is -2.59. The number of hydrogen-bond acceptors (Lipinski definition) is 6. The lowest BCUT2D eigenvalue weighted by atomic mass is 9.48. The van der Waals surface area contributed by atoms with E-state index in [0.29, 0.717) is 35.4 Å². The molecular formula is C24H38N4O3. The lowest BCUT2D eigenvalue weighted by Crippen LogP contribution is -2.57. The van der Waals surface area contributed by atoms with Crippen LogP contribution in [0.3, 0.4) is 0 Å². The number of ether oxygens (including phenoxy) is 1. The molecule has 0 unspecified atom stereocenters. The molecule has 7 heteroatoms. The van der Waals surface area contributed by atoms with Gasteiger partial charge in [0.15, 0.2) is 11.6 Å². The van der Waals surface area contributed by atoms with Crippen molar-refractivity contribution in [3.05, 3.63) is 5.82 Å². The van der Waals surface area contributed by atoms with Gasteiger partial charge in [-0.25, -0.2) is 0 Å². The number of carbonyl (C=O) groups excluding carboxylic acids is 1. The Kier molecular flexibility index (Phi) is 5.28. The molecule has 0 aromatic carbocycles. The van der Waals surface area contributed by atoms with Crippen molar-refractivity contribution in [1.29, 1.82) is 0 Å². The van der Waals surface area contributed by atoms with E-state index in [1.54, 1.807) is 6.92 Å². The van der Waals surface area contributed by atoms with Crippen molar-refractivity contribution in [2.24, 2.45) is 40.9 Å². The van der Waals surface area contributed by atoms with Gasteiger partial charge in [-0.3, -0.25) is 4.79 Å². The Morgan fingerprint density at radius 1 is 1.16 bits per heavy atom. The van der Waals surface area contributed by atoms with Crippen LogP contribution < -0.4 is 0 Å². The van der Waals surface area contributed by atoms with Crippen LogP contribution in [0.15, 0.2) is 0 Å². The third-order valence-electron chi connectivity index (χ3n) is 9.83. The van der Waals surface area contributed by atoms with Gasteiger partial charge in [0.25, 0.3) is 0 Å². The van der Waals surface area contributed by atoms with Crippen LogP contribution in [0.1, 0.15) is 71.0 Å². The van der Waals surface area contributed by atoms with E-state index < -0.39 is 5.60 Å². The Labute approximate surface area is 185 Å². The Morgan fingerprint density at radius 3 is 2.68 bits per heavy atom. The zero-order valence-electron chi connectivity index (χ0n) is 19.5. The second-order valence-electron chi connectivity index (χ2n) is 11.5. The summed E-state index contributed by atoms with van der Waals surface area (Å²) in [5.74, 6) is 4.08. The van der Waals surface area contributed by atoms with Crippen molar-refractivity contribution < 1.29 is 14.6 Å². The van der Waals surface area contributed by atoms with Gasteiger partial charge in [-0.15, -0.1) is 10.2 Å². The first kappa shape index (κ1) is 21.5. The molecular weight excluding hydrogens is 392 g/mol. The zero-order chi connectivity index (χ0) is 22.0. The number of methoxy groups -OCH3 is 1. The molecule has 0 saturated heterocycles. The molecule has 0 radical (unpaired) electrons. The molecule has 1 N–H and O–H groups in total. The van der Waals surface area contributed by atoms with Gasteiger partial charge < -0.3 is 9.84 Å². The van der Waals surface area contributed by atoms with E-state index in [9.17, 15) is 9.90 Å². The topological polar surface area (TPSA) is 90.1 Å². The molecule has 4 fully saturated rings. The predicted molar refractivity (Wildman–Crippen MR) is 115 cm³/mol. The molecule has 1 aromatic heterocycles. The van der Waals surface area contributed by atoms with E-state index in [-0.39, 0.29) is 29.8 Å². The van der Waals surface area contributed by atoms with Crippen LogP contribution in [0.25, 0.3) is 0 Å². The number of carbonyl (C=O) groups is 1. The first-order valence-corrected chi connectivity index (χ1v) is 12.2. The molecule has 7 nitrogen and oxygen atoms in total. The fourth-order valence-corrected chi connectivity index (χ4v) is 8.56. The van der Waals surface area contributed by atoms with Crippen molar-refractivity contribution in [2.45, 2.75) is 90.4 Å². The fraction of sp³-hybridized carbons (Fsp3) is 0.917. The molecule has 0 amide bonds. The minimum atomic E-state index is -0.490. The number of nitrogens with zero attached hydrogens (tertiary/aromatic N) is 4. The van der Waals surface area contributed by atoms with Gasteiger partial charge in [0, 0.05) is 18.4 Å². The van der Waals surface area contributed by atoms with E-state index in [4.69, 9.17) is 4.74 Å². The van der Waals surface area contributed by atoms with Crippen LogP contribution in [0, 0.1) is 47.8 Å². The van der Waals surface area contributed by atoms with E-state index in [2.05, 4.69) is 22.3 Å². The zero-order valence-corrected chi connectivity index (χ0v) is 19.5. The maximum absolute atomic E-state index is 13.4. The van der Waals surface area contributed by atoms with Gasteiger partial charge in [-0.2, -0.15) is 4.80 Å². The smallest absolute Gasteiger partial charge is 0.171 e. The first-order valence-electron chi connectivity index (χ1n) is 12.2. The second kappa shape index (κ2) is 7.62. The van der Waals surface area contributed by atoms with Crippen molar-refractivity contribution in [3.8, 4) is 0 Å². The predicted octanol–water partition coefficient (Wildman–Crippen LogP) is 3.20. The van der Waals surface area contributed by atoms with E-state index in [1.807, 2.05) is 14.0 Å². The summed E-state index contributed by atoms with van der Waals surface area (Å²) in [6.07, 6.45) is 8.71. The summed E-state index contributed by atoms with van der Waals surface area (Å²) in [6, 6.07) is 0. The van der Waals surface area contributed by atoms with Crippen LogP contribution in [0.2, 0.25) is 0 Å². The quantitative estimate of drug-likeness (QED) is 0.789. The van der Waals surface area contributed by atoms with Gasteiger partial charge in [0.1, 0.15) is 6.54 Å². The van der Waals surface area contributed by atoms with Crippen LogP contribution in [0.4, 0.5) is 0 Å². The number of ketones is 1. The average molecular weight is 431 g/mol. The number of aliphatic hydroxyl groups is 1. The molecule has 0 bridgehead atoms. The normalized spacial score (nSPS) is 46.8. The molecule has 1 aromatic rings. The highest BCUT2D eigenvalue weighted by Crippen LogP contribution is 2.65. The van der Waals surface area contributed by atoms with Crippen molar-refractivity contribution in [1.82, 2.24) is 20.2 Å². The summed E-state index contributed by atoms with van der Waals surface area (Å²) in [6.45, 7) is 6.35. The van der Waals surface area contributed by atoms with Crippen LogP contribution >= 0.6 is 0 Å². The minimum Gasteiger partial charge on any atom is -0.390 e. The monoisotopic (exact) mass is 430 g/mol. The molecule has 9 atom stereocenters. The van der Waals surface area contributed by atoms with Crippen molar-refractivity contribution >= 4 is 5.78 Å². The van der Waals surface area contributed by atoms with Crippen molar-refractivity contribution in [3.63, 3.8) is 0 Å². The number of Topliss-reactive ketones (excluding diaryl/α,β-unsaturated/α-hetero) is 1. The number of tetrazole rings is 1. The van der Waals surface area contributed by atoms with Gasteiger partial charge in [0.2, 0.25) is 0 Å². The molecule has 0 spiro atoms. The maximum Gasteiger partial charge on any atom is 0.171 e. The molecule has 5 rings (SSSR count). The first-order chi connectivity index (χ1) is 14.7. The molecule has 4 saturated carbocycles. The Morgan fingerprint density at radius 2 is 1.97 bits per heavy atom. The van der Waals surface area contributed by atoms with Gasteiger partial charge in [-0.05, 0) is 100 Å². The Bertz CT molecular complexity index is 839. The maximum atomic E-state index is 13.4. The fourth-order valence-electron chi connectivity index (χ4n) is 8.56. The van der Waals surface area contributed by atoms with Crippen LogP contribution in [-0.4, -0.2) is 49.9 Å². The standard InChI is InChI=1S/C24H38N4O3/c1-14-25-27-28(26-14)13-21(29)20-8-7-19-17-6-5-15-12-23(2,30)10-9-16(15)18(17)11-22(31-4)24(19,20)3/h15-20,22,30H,5-13H2,1-4H3/t15-,16+,17-,18-,19+,20-,22-,23-,24+/m1/s1. The molecule has 31 heavy (non-hydrogen) atoms. The number of hydrogen-bond donors (Lipinski definition) is 1. The molecule has 172 valence electrons. The van der Waals surface area contributed by atoms with Crippen molar-refractivity contribution in [2.75, 3.05) is 7.11 Å². The highest BCUT2D eigenvalue weighted by molar-refractivity contribution is 5.82. The number of aryl methyl sites for hydroxylation is 1. The number of rotatable bonds is 4. The Hall–Kier alpha value is -1.34. The second-order valence-corrected chi connectivity index (χ2v) is 11.5. The molecule has 1 heterocycles. The summed E-state index contributed by atoms with van der Waals surface area (Å²) in [7, 11) is 1.83. The highest BCUT2D eigenvalue weighted by Gasteiger charge is 2.62. The SMILES string of the molecule is CO[C@@H]1C[C@H]2[C@@H](CC[C@@H]3C[C@](C)(O)CC[C@@H]32)[C@@H]2CC[C@H](C(=O)Cn3nnc(C)n3)[C@@]12C. The van der Waals surface area contributed by atoms with Gasteiger partial charge >= 0.3 is 0 Å². The van der Waals surface area contributed by atoms with E-state index in [0.717, 1.165) is 38.5 Å². The Balaban J connectivity index is 1.38. The van der Waals surface area contributed by atoms with Gasteiger partial charge in [0.05, 0.1) is 11.7 Å². The van der Waals surface area contributed by atoms with Crippen LogP contribution in [-0.2, 0) is 16.1 Å². The summed E-state index contributed by atoms with van der Waals surface area (Å²) in [5, 5.41) is 22.8. The summed E-state index contributed by atoms with van der Waals surface area (Å²) in [4.78, 5) is 14.8. The average Bonchev–Trinajstić information content (AvgIpc) is 3.28. The summed E-state index contributed by atoms with van der Waals surface area (Å²) in [5.41, 5.74) is -0.605. The largest absolute Gasteiger partial charge is 0.390 e. The van der Waals surface area contributed by atoms with E-state index in [1.165, 1.54) is 17.6 Å². The molecule has 4 aliphatic carbocycles. The van der Waals surface area contributed by atoms with Crippen LogP contribution in [0.5, 0.6) is 0 Å². The van der Waals surface area contributed by atoms with Gasteiger partial charge in [-0.1, -0.05) is 6.92 Å².